The molecule has 0 aliphatic rings. The number of hydrogen-bond acceptors (Lipinski definition) is 7. The number of aliphatic hydroxyl groups is 1. The van der Waals surface area contributed by atoms with Gasteiger partial charge in [0.2, 0.25) is 11.7 Å². The van der Waals surface area contributed by atoms with Gasteiger partial charge in [-0.05, 0) is 30.7 Å². The first-order valence-corrected chi connectivity index (χ1v) is 10.8. The number of hydrogen-bond donors (Lipinski definition) is 1. The average molecular weight is 473 g/mol. The van der Waals surface area contributed by atoms with Gasteiger partial charge in [-0.1, -0.05) is 57.1 Å². The van der Waals surface area contributed by atoms with Gasteiger partial charge in [0.1, 0.15) is 0 Å². The van der Waals surface area contributed by atoms with Crippen molar-refractivity contribution >= 4 is 38.6 Å². The van der Waals surface area contributed by atoms with Crippen LogP contribution < -0.4 is 5.56 Å². The molecule has 4 rings (SSSR count). The van der Waals surface area contributed by atoms with Crippen LogP contribution in [0.25, 0.3) is 22.3 Å². The molecule has 29 heavy (non-hydrogen) atoms. The Hall–Kier alpha value is -2.49. The van der Waals surface area contributed by atoms with Gasteiger partial charge < -0.3 is 9.63 Å². The molecule has 148 valence electrons. The molecule has 0 aliphatic carbocycles. The van der Waals surface area contributed by atoms with Crippen molar-refractivity contribution in [3.8, 4) is 11.4 Å². The summed E-state index contributed by atoms with van der Waals surface area (Å²) in [6.07, 6.45) is 0.473. The van der Waals surface area contributed by atoms with Crippen LogP contribution in [-0.4, -0.2) is 31.4 Å². The summed E-state index contributed by atoms with van der Waals surface area (Å²) in [6.45, 7) is 0.394. The topological polar surface area (TPSA) is 94.0 Å². The third kappa shape index (κ3) is 4.42. The third-order valence-corrected chi connectivity index (χ3v) is 5.70. The summed E-state index contributed by atoms with van der Waals surface area (Å²) in [5.74, 6) is 1.33. The largest absolute Gasteiger partial charge is 0.396 e. The lowest BCUT2D eigenvalue weighted by Crippen LogP contribution is -2.24. The van der Waals surface area contributed by atoms with Gasteiger partial charge in [-0.15, -0.1) is 0 Å². The maximum atomic E-state index is 12.9. The molecule has 0 radical (unpaired) electrons. The van der Waals surface area contributed by atoms with Crippen LogP contribution in [-0.2, 0) is 12.3 Å². The van der Waals surface area contributed by atoms with E-state index in [0.717, 1.165) is 10.0 Å². The maximum absolute atomic E-state index is 12.9. The number of thioether (sulfide) groups is 1. The van der Waals surface area contributed by atoms with Gasteiger partial charge in [-0.3, -0.25) is 9.36 Å². The molecule has 0 fully saturated rings. The zero-order chi connectivity index (χ0) is 20.2. The highest BCUT2D eigenvalue weighted by atomic mass is 79.9. The smallest absolute Gasteiger partial charge is 0.262 e. The van der Waals surface area contributed by atoms with Crippen LogP contribution in [0.5, 0.6) is 0 Å². The summed E-state index contributed by atoms with van der Waals surface area (Å²) in [7, 11) is 0. The molecule has 0 spiro atoms. The predicted molar refractivity (Wildman–Crippen MR) is 115 cm³/mol. The van der Waals surface area contributed by atoms with Gasteiger partial charge in [0.15, 0.2) is 5.16 Å². The molecule has 2 aromatic heterocycles. The highest BCUT2D eigenvalue weighted by Gasteiger charge is 2.14. The Balaban J connectivity index is 1.60. The fourth-order valence-electron chi connectivity index (χ4n) is 2.87. The summed E-state index contributed by atoms with van der Waals surface area (Å²) < 4.78 is 7.89. The van der Waals surface area contributed by atoms with Crippen molar-refractivity contribution < 1.29 is 9.63 Å². The van der Waals surface area contributed by atoms with Gasteiger partial charge in [-0.25, -0.2) is 4.98 Å². The Bertz CT molecular complexity index is 1210. The Morgan fingerprint density at radius 2 is 2.00 bits per heavy atom. The van der Waals surface area contributed by atoms with Crippen LogP contribution in [0.2, 0.25) is 0 Å². The van der Waals surface area contributed by atoms with E-state index in [4.69, 9.17) is 4.52 Å². The first-order valence-electron chi connectivity index (χ1n) is 8.97. The summed E-state index contributed by atoms with van der Waals surface area (Å²) in [5, 5.41) is 14.3. The van der Waals surface area contributed by atoms with Crippen LogP contribution >= 0.6 is 27.7 Å². The fourth-order valence-corrected chi connectivity index (χ4v) is 4.13. The molecule has 0 unspecified atom stereocenters. The molecule has 0 atom stereocenters. The molecule has 2 heterocycles. The van der Waals surface area contributed by atoms with Crippen molar-refractivity contribution in [3.05, 3.63) is 69.2 Å². The molecular formula is C20H17BrN4O3S. The van der Waals surface area contributed by atoms with Gasteiger partial charge in [0.25, 0.3) is 5.56 Å². The van der Waals surface area contributed by atoms with E-state index >= 15 is 0 Å². The number of fused-ring (bicyclic) bond motifs is 1. The van der Waals surface area contributed by atoms with Crippen LogP contribution in [0.15, 0.2) is 67.5 Å². The van der Waals surface area contributed by atoms with Crippen molar-refractivity contribution in [2.24, 2.45) is 0 Å². The average Bonchev–Trinajstić information content (AvgIpc) is 3.21. The van der Waals surface area contributed by atoms with Gasteiger partial charge >= 0.3 is 0 Å². The number of halogens is 1. The third-order valence-electron chi connectivity index (χ3n) is 4.24. The van der Waals surface area contributed by atoms with E-state index in [1.165, 1.54) is 11.8 Å². The second kappa shape index (κ2) is 8.89. The molecule has 2 aromatic carbocycles. The van der Waals surface area contributed by atoms with Crippen molar-refractivity contribution in [3.63, 3.8) is 0 Å². The number of para-hydroxylation sites is 1. The highest BCUT2D eigenvalue weighted by molar-refractivity contribution is 9.10. The standard InChI is InChI=1S/C20H17BrN4O3S/c21-14-6-3-5-13(11-14)18-23-17(28-24-18)12-29-20-22-16-8-2-1-7-15(16)19(27)25(20)9-4-10-26/h1-3,5-8,11,26H,4,9-10,12H2. The predicted octanol–water partition coefficient (Wildman–Crippen LogP) is 3.88. The van der Waals surface area contributed by atoms with Crippen LogP contribution in [0.4, 0.5) is 0 Å². The maximum Gasteiger partial charge on any atom is 0.262 e. The second-order valence-corrected chi connectivity index (χ2v) is 8.11. The Labute approximate surface area is 178 Å². The van der Waals surface area contributed by atoms with E-state index in [9.17, 15) is 9.90 Å². The molecule has 0 amide bonds. The molecule has 0 saturated carbocycles. The number of benzene rings is 2. The normalized spacial score (nSPS) is 11.2. The summed E-state index contributed by atoms with van der Waals surface area (Å²) in [6, 6.07) is 14.9. The van der Waals surface area contributed by atoms with Crippen molar-refractivity contribution in [2.75, 3.05) is 6.61 Å². The minimum atomic E-state index is -0.119. The first kappa shape index (κ1) is 19.8. The minimum Gasteiger partial charge on any atom is -0.396 e. The number of aliphatic hydroxyl groups excluding tert-OH is 1. The second-order valence-electron chi connectivity index (χ2n) is 6.26. The highest BCUT2D eigenvalue weighted by Crippen LogP contribution is 2.24. The molecule has 0 bridgehead atoms. The lowest BCUT2D eigenvalue weighted by atomic mass is 10.2. The zero-order valence-electron chi connectivity index (χ0n) is 15.3. The molecule has 7 nitrogen and oxygen atoms in total. The quantitative estimate of drug-likeness (QED) is 0.322. The summed E-state index contributed by atoms with van der Waals surface area (Å²) >= 11 is 4.79. The van der Waals surface area contributed by atoms with Crippen molar-refractivity contribution in [1.82, 2.24) is 19.7 Å². The Morgan fingerprint density at radius 1 is 1.14 bits per heavy atom. The van der Waals surface area contributed by atoms with Crippen LogP contribution in [0.3, 0.4) is 0 Å². The monoisotopic (exact) mass is 472 g/mol. The Kier molecular flexibility index (Phi) is 6.08. The molecule has 4 aromatic rings. The van der Waals surface area contributed by atoms with Gasteiger partial charge in [0, 0.05) is 23.2 Å². The minimum absolute atomic E-state index is 0.00300. The lowest BCUT2D eigenvalue weighted by molar-refractivity contribution is 0.276. The summed E-state index contributed by atoms with van der Waals surface area (Å²) in [5.41, 5.74) is 1.37. The van der Waals surface area contributed by atoms with E-state index in [-0.39, 0.29) is 12.2 Å². The SMILES string of the molecule is O=c1c2ccccc2nc(SCc2nc(-c3cccc(Br)c3)no2)n1CCCO. The van der Waals surface area contributed by atoms with E-state index < -0.39 is 0 Å². The molecular weight excluding hydrogens is 456 g/mol. The zero-order valence-corrected chi connectivity index (χ0v) is 17.7. The molecule has 1 N–H and O–H groups in total. The number of nitrogens with zero attached hydrogens (tertiary/aromatic N) is 4. The van der Waals surface area contributed by atoms with Crippen LogP contribution in [0.1, 0.15) is 12.3 Å². The number of rotatable bonds is 7. The van der Waals surface area contributed by atoms with Crippen molar-refractivity contribution in [1.29, 1.82) is 0 Å². The Morgan fingerprint density at radius 3 is 2.83 bits per heavy atom. The van der Waals surface area contributed by atoms with E-state index in [1.807, 2.05) is 42.5 Å². The van der Waals surface area contributed by atoms with Crippen LogP contribution in [0, 0.1) is 0 Å². The fraction of sp³-hybridized carbons (Fsp3) is 0.200. The van der Waals surface area contributed by atoms with E-state index in [1.54, 1.807) is 10.6 Å². The number of aromatic nitrogens is 4. The molecule has 0 aliphatic heterocycles. The van der Waals surface area contributed by atoms with Gasteiger partial charge in [0.05, 0.1) is 16.7 Å². The van der Waals surface area contributed by atoms with Crippen molar-refractivity contribution in [2.45, 2.75) is 23.9 Å². The molecule has 0 saturated heterocycles. The summed E-state index contributed by atoms with van der Waals surface area (Å²) in [4.78, 5) is 21.9. The first-order chi connectivity index (χ1) is 14.2. The van der Waals surface area contributed by atoms with E-state index in [0.29, 0.717) is 46.5 Å². The van der Waals surface area contributed by atoms with E-state index in [2.05, 4.69) is 31.1 Å². The lowest BCUT2D eigenvalue weighted by Gasteiger charge is -2.11. The molecule has 9 heteroatoms. The van der Waals surface area contributed by atoms with Gasteiger partial charge in [-0.2, -0.15) is 4.98 Å².